The van der Waals surface area contributed by atoms with Gasteiger partial charge in [-0.1, -0.05) is 0 Å². The number of hydrogen-bond acceptors (Lipinski definition) is 8. The van der Waals surface area contributed by atoms with Gasteiger partial charge in [-0.3, -0.25) is 4.79 Å². The van der Waals surface area contributed by atoms with Gasteiger partial charge < -0.3 is 14.8 Å². The van der Waals surface area contributed by atoms with E-state index in [4.69, 9.17) is 9.47 Å². The number of nitrogens with one attached hydrogen (secondary N) is 1. The number of anilines is 1. The van der Waals surface area contributed by atoms with Gasteiger partial charge in [0, 0.05) is 6.42 Å². The van der Waals surface area contributed by atoms with Gasteiger partial charge >= 0.3 is 5.97 Å². The van der Waals surface area contributed by atoms with Crippen molar-refractivity contribution in [3.8, 4) is 11.8 Å². The number of carbonyl (C=O) groups is 2. The van der Waals surface area contributed by atoms with Crippen LogP contribution in [0.15, 0.2) is 29.2 Å². The predicted octanol–water partition coefficient (Wildman–Crippen LogP) is 2.92. The maximum atomic E-state index is 12.4. The first-order chi connectivity index (χ1) is 13.7. The molecule has 1 amide bonds. The van der Waals surface area contributed by atoms with Crippen LogP contribution in [0.1, 0.15) is 34.1 Å². The molecule has 0 aliphatic rings. The lowest BCUT2D eigenvalue weighted by Gasteiger charge is -2.06. The summed E-state index contributed by atoms with van der Waals surface area (Å²) >= 11 is 0.929. The highest BCUT2D eigenvalue weighted by atomic mass is 32.2. The summed E-state index contributed by atoms with van der Waals surface area (Å²) in [6.07, 6.45) is -0.301. The molecule has 1 N–H and O–H groups in total. The maximum Gasteiger partial charge on any atom is 0.348 e. The Kier molecular flexibility index (Phi) is 7.36. The van der Waals surface area contributed by atoms with E-state index in [0.29, 0.717) is 11.3 Å². The van der Waals surface area contributed by atoms with E-state index in [-0.39, 0.29) is 33.4 Å². The van der Waals surface area contributed by atoms with E-state index in [0.717, 1.165) is 11.3 Å². The number of esters is 1. The molecule has 8 nitrogen and oxygen atoms in total. The summed E-state index contributed by atoms with van der Waals surface area (Å²) in [7, 11) is -2.19. The van der Waals surface area contributed by atoms with E-state index in [1.54, 1.807) is 13.8 Å². The second kappa shape index (κ2) is 9.54. The molecule has 2 rings (SSSR count). The van der Waals surface area contributed by atoms with Crippen LogP contribution in [0.4, 0.5) is 5.00 Å². The zero-order valence-corrected chi connectivity index (χ0v) is 17.8. The standard InChI is InChI=1S/C19H20N2O6S2/c1-4-27-19(23)17-12(2)15(11-20)18(28-17)21-16(22)9-10-29(24,25)14-7-5-13(26-3)6-8-14/h5-8H,4,9-10H2,1-3H3,(H,21,22). The van der Waals surface area contributed by atoms with Gasteiger partial charge in [-0.25, -0.2) is 13.2 Å². The van der Waals surface area contributed by atoms with Gasteiger partial charge in [0.25, 0.3) is 0 Å². The minimum atomic E-state index is -3.66. The van der Waals surface area contributed by atoms with Crippen molar-refractivity contribution in [2.75, 3.05) is 24.8 Å². The van der Waals surface area contributed by atoms with Crippen LogP contribution in [0, 0.1) is 18.3 Å². The van der Waals surface area contributed by atoms with Crippen LogP contribution < -0.4 is 10.1 Å². The Morgan fingerprint density at radius 2 is 1.90 bits per heavy atom. The highest BCUT2D eigenvalue weighted by Crippen LogP contribution is 2.33. The van der Waals surface area contributed by atoms with Crippen molar-refractivity contribution in [1.29, 1.82) is 5.26 Å². The number of sulfone groups is 1. The lowest BCUT2D eigenvalue weighted by Crippen LogP contribution is -2.17. The molecule has 0 saturated heterocycles. The highest BCUT2D eigenvalue weighted by Gasteiger charge is 2.23. The molecule has 1 heterocycles. The number of ether oxygens (including phenoxy) is 2. The van der Waals surface area contributed by atoms with Gasteiger partial charge in [0.2, 0.25) is 5.91 Å². The summed E-state index contributed by atoms with van der Waals surface area (Å²) in [5.74, 6) is -1.03. The van der Waals surface area contributed by atoms with Crippen molar-refractivity contribution in [2.45, 2.75) is 25.2 Å². The Bertz CT molecular complexity index is 1050. The molecule has 29 heavy (non-hydrogen) atoms. The van der Waals surface area contributed by atoms with Crippen LogP contribution in [-0.2, 0) is 19.4 Å². The number of rotatable bonds is 8. The Labute approximate surface area is 173 Å². The number of hydrogen-bond donors (Lipinski definition) is 1. The molecule has 10 heteroatoms. The molecule has 0 aliphatic carbocycles. The molecule has 0 fully saturated rings. The molecule has 0 spiro atoms. The molecular weight excluding hydrogens is 416 g/mol. The number of methoxy groups -OCH3 is 1. The first kappa shape index (κ1) is 22.4. The van der Waals surface area contributed by atoms with E-state index in [2.05, 4.69) is 5.32 Å². The topological polar surface area (TPSA) is 123 Å². The lowest BCUT2D eigenvalue weighted by atomic mass is 10.2. The molecule has 0 radical (unpaired) electrons. The number of nitriles is 1. The minimum Gasteiger partial charge on any atom is -0.497 e. The summed E-state index contributed by atoms with van der Waals surface area (Å²) in [6, 6.07) is 7.83. The average Bonchev–Trinajstić information content (AvgIpc) is 3.01. The second-order valence-corrected chi connectivity index (χ2v) is 9.01. The van der Waals surface area contributed by atoms with Crippen molar-refractivity contribution < 1.29 is 27.5 Å². The summed E-state index contributed by atoms with van der Waals surface area (Å²) in [4.78, 5) is 24.5. The third-order valence-corrected chi connectivity index (χ3v) is 6.91. The Morgan fingerprint density at radius 1 is 1.24 bits per heavy atom. The summed E-state index contributed by atoms with van der Waals surface area (Å²) in [5, 5.41) is 12.1. The fourth-order valence-corrected chi connectivity index (χ4v) is 4.75. The fourth-order valence-electron chi connectivity index (χ4n) is 2.44. The van der Waals surface area contributed by atoms with Gasteiger partial charge in [-0.05, 0) is 43.7 Å². The molecule has 154 valence electrons. The largest absolute Gasteiger partial charge is 0.497 e. The van der Waals surface area contributed by atoms with Crippen LogP contribution >= 0.6 is 11.3 Å². The molecule has 0 aliphatic heterocycles. The van der Waals surface area contributed by atoms with Gasteiger partial charge in [-0.2, -0.15) is 5.26 Å². The van der Waals surface area contributed by atoms with Crippen LogP contribution in [-0.4, -0.2) is 39.8 Å². The smallest absolute Gasteiger partial charge is 0.348 e. The number of benzene rings is 1. The molecule has 0 atom stereocenters. The first-order valence-corrected chi connectivity index (χ1v) is 11.1. The number of amides is 1. The van der Waals surface area contributed by atoms with Crippen molar-refractivity contribution in [3.63, 3.8) is 0 Å². The third-order valence-electron chi connectivity index (χ3n) is 3.99. The zero-order valence-electron chi connectivity index (χ0n) is 16.1. The van der Waals surface area contributed by atoms with Gasteiger partial charge in [0.1, 0.15) is 21.7 Å². The van der Waals surface area contributed by atoms with E-state index in [9.17, 15) is 23.3 Å². The number of nitrogens with zero attached hydrogens (tertiary/aromatic N) is 1. The molecule has 1 aromatic heterocycles. The van der Waals surface area contributed by atoms with E-state index in [1.165, 1.54) is 31.4 Å². The zero-order chi connectivity index (χ0) is 21.6. The highest BCUT2D eigenvalue weighted by molar-refractivity contribution is 7.91. The lowest BCUT2D eigenvalue weighted by molar-refractivity contribution is -0.115. The van der Waals surface area contributed by atoms with Crippen LogP contribution in [0.25, 0.3) is 0 Å². The molecule has 0 bridgehead atoms. The molecule has 0 unspecified atom stereocenters. The molecule has 2 aromatic rings. The van der Waals surface area contributed by atoms with E-state index >= 15 is 0 Å². The van der Waals surface area contributed by atoms with Crippen molar-refractivity contribution in [2.24, 2.45) is 0 Å². The number of thiophene rings is 1. The average molecular weight is 437 g/mol. The predicted molar refractivity (Wildman–Crippen MR) is 108 cm³/mol. The molecule has 1 aromatic carbocycles. The number of carbonyl (C=O) groups excluding carboxylic acids is 2. The van der Waals surface area contributed by atoms with Gasteiger partial charge in [-0.15, -0.1) is 11.3 Å². The fraction of sp³-hybridized carbons (Fsp3) is 0.316. The SMILES string of the molecule is CCOC(=O)c1sc(NC(=O)CCS(=O)(=O)c2ccc(OC)cc2)c(C#N)c1C. The Morgan fingerprint density at radius 3 is 2.45 bits per heavy atom. The molecule has 0 saturated carbocycles. The van der Waals surface area contributed by atoms with Crippen LogP contribution in [0.3, 0.4) is 0 Å². The van der Waals surface area contributed by atoms with Crippen molar-refractivity contribution in [3.05, 3.63) is 40.3 Å². The van der Waals surface area contributed by atoms with E-state index < -0.39 is 27.5 Å². The van der Waals surface area contributed by atoms with Crippen molar-refractivity contribution in [1.82, 2.24) is 0 Å². The Hall–Kier alpha value is -2.90. The van der Waals surface area contributed by atoms with E-state index in [1.807, 2.05) is 6.07 Å². The minimum absolute atomic E-state index is 0.0837. The third kappa shape index (κ3) is 5.34. The summed E-state index contributed by atoms with van der Waals surface area (Å²) < 4.78 is 34.7. The first-order valence-electron chi connectivity index (χ1n) is 8.60. The Balaban J connectivity index is 2.10. The van der Waals surface area contributed by atoms with Gasteiger partial charge in [0.05, 0.1) is 29.9 Å². The summed E-state index contributed by atoms with van der Waals surface area (Å²) in [5.41, 5.74) is 0.571. The van der Waals surface area contributed by atoms with Gasteiger partial charge in [0.15, 0.2) is 9.84 Å². The maximum absolute atomic E-state index is 12.4. The van der Waals surface area contributed by atoms with Crippen LogP contribution in [0.5, 0.6) is 5.75 Å². The molecular formula is C19H20N2O6S2. The second-order valence-electron chi connectivity index (χ2n) is 5.89. The quantitative estimate of drug-likeness (QED) is 0.631. The monoisotopic (exact) mass is 436 g/mol. The van der Waals surface area contributed by atoms with Crippen molar-refractivity contribution >= 4 is 38.1 Å². The normalized spacial score (nSPS) is 10.8. The summed E-state index contributed by atoms with van der Waals surface area (Å²) in [6.45, 7) is 3.44. The van der Waals surface area contributed by atoms with Crippen LogP contribution in [0.2, 0.25) is 0 Å².